The Labute approximate surface area is 126 Å². The molecule has 7 nitrogen and oxygen atoms in total. The van der Waals surface area contributed by atoms with E-state index in [1.807, 2.05) is 0 Å². The average Bonchev–Trinajstić information content (AvgIpc) is 2.91. The van der Waals surface area contributed by atoms with Crippen molar-refractivity contribution in [3.05, 3.63) is 47.4 Å². The zero-order valence-electron chi connectivity index (χ0n) is 12.0. The topological polar surface area (TPSA) is 100 Å². The Morgan fingerprint density at radius 1 is 1.41 bits per heavy atom. The highest BCUT2D eigenvalue weighted by molar-refractivity contribution is 5.73. The van der Waals surface area contributed by atoms with E-state index in [2.05, 4.69) is 20.8 Å². The summed E-state index contributed by atoms with van der Waals surface area (Å²) in [5, 5.41) is 18.5. The number of urea groups is 1. The molecule has 0 saturated heterocycles. The summed E-state index contributed by atoms with van der Waals surface area (Å²) in [4.78, 5) is 15.6. The number of aromatic nitrogens is 2. The van der Waals surface area contributed by atoms with Gasteiger partial charge in [-0.2, -0.15) is 4.98 Å². The molecule has 3 N–H and O–H groups in total. The fourth-order valence-electron chi connectivity index (χ4n) is 1.83. The molecule has 1 aromatic heterocycles. The van der Waals surface area contributed by atoms with Gasteiger partial charge in [0.2, 0.25) is 5.89 Å². The number of aliphatic hydroxyl groups is 1. The Morgan fingerprint density at radius 3 is 2.86 bits per heavy atom. The molecule has 2 amide bonds. The molecule has 22 heavy (non-hydrogen) atoms. The molecule has 0 spiro atoms. The van der Waals surface area contributed by atoms with Crippen LogP contribution in [0, 0.1) is 12.7 Å². The number of nitrogens with zero attached hydrogens (tertiary/aromatic N) is 2. The number of carbonyl (C=O) groups excluding carboxylic acids is 1. The molecule has 1 aromatic carbocycles. The van der Waals surface area contributed by atoms with Gasteiger partial charge in [-0.05, 0) is 13.0 Å². The van der Waals surface area contributed by atoms with Crippen LogP contribution in [0.2, 0.25) is 0 Å². The van der Waals surface area contributed by atoms with Crippen LogP contribution in [-0.4, -0.2) is 34.4 Å². The second-order valence-electron chi connectivity index (χ2n) is 4.66. The summed E-state index contributed by atoms with van der Waals surface area (Å²) in [5.41, 5.74) is 0.143. The van der Waals surface area contributed by atoms with Gasteiger partial charge in [-0.25, -0.2) is 9.18 Å². The standard InChI is InChI=1S/C14H17FN4O3/c1-9-18-13(22-19-9)6-7-16-14(21)17-8-12(20)10-4-2-3-5-11(10)15/h2-5,12,20H,6-8H2,1H3,(H2,16,17,21). The molecule has 2 rings (SSSR count). The number of aryl methyl sites for hydroxylation is 1. The molecule has 0 bridgehead atoms. The minimum atomic E-state index is -1.11. The molecule has 2 aromatic rings. The van der Waals surface area contributed by atoms with Crippen molar-refractivity contribution in [2.24, 2.45) is 0 Å². The Kier molecular flexibility index (Phi) is 5.42. The van der Waals surface area contributed by atoms with Gasteiger partial charge >= 0.3 is 6.03 Å². The van der Waals surface area contributed by atoms with Crippen LogP contribution in [0.5, 0.6) is 0 Å². The molecule has 1 unspecified atom stereocenters. The fourth-order valence-corrected chi connectivity index (χ4v) is 1.83. The third kappa shape index (κ3) is 4.52. The molecule has 0 saturated carbocycles. The summed E-state index contributed by atoms with van der Waals surface area (Å²) >= 11 is 0. The summed E-state index contributed by atoms with van der Waals surface area (Å²) in [6.07, 6.45) is -0.699. The van der Waals surface area contributed by atoms with Crippen molar-refractivity contribution in [3.8, 4) is 0 Å². The van der Waals surface area contributed by atoms with Crippen LogP contribution >= 0.6 is 0 Å². The lowest BCUT2D eigenvalue weighted by molar-refractivity contribution is 0.169. The summed E-state index contributed by atoms with van der Waals surface area (Å²) in [6.45, 7) is 1.92. The van der Waals surface area contributed by atoms with Gasteiger partial charge in [-0.3, -0.25) is 0 Å². The lowest BCUT2D eigenvalue weighted by Crippen LogP contribution is -2.38. The van der Waals surface area contributed by atoms with Gasteiger partial charge in [0.1, 0.15) is 5.82 Å². The molecule has 0 aliphatic rings. The normalized spacial score (nSPS) is 12.0. The van der Waals surface area contributed by atoms with Crippen LogP contribution in [0.15, 0.2) is 28.8 Å². The first kappa shape index (κ1) is 15.9. The van der Waals surface area contributed by atoms with E-state index in [4.69, 9.17) is 4.52 Å². The van der Waals surface area contributed by atoms with Crippen LogP contribution in [0.1, 0.15) is 23.4 Å². The van der Waals surface area contributed by atoms with Crippen LogP contribution in [0.25, 0.3) is 0 Å². The summed E-state index contributed by atoms with van der Waals surface area (Å²) in [5.74, 6) is 0.459. The molecule has 1 atom stereocenters. The second kappa shape index (κ2) is 7.51. The second-order valence-corrected chi connectivity index (χ2v) is 4.66. The highest BCUT2D eigenvalue weighted by Crippen LogP contribution is 2.15. The van der Waals surface area contributed by atoms with E-state index in [0.29, 0.717) is 24.7 Å². The van der Waals surface area contributed by atoms with Crippen molar-refractivity contribution >= 4 is 6.03 Å². The number of carbonyl (C=O) groups is 1. The number of hydrogen-bond acceptors (Lipinski definition) is 5. The van der Waals surface area contributed by atoms with Crippen LogP contribution in [0.3, 0.4) is 0 Å². The van der Waals surface area contributed by atoms with Crippen LogP contribution < -0.4 is 10.6 Å². The zero-order chi connectivity index (χ0) is 15.9. The fraction of sp³-hybridized carbons (Fsp3) is 0.357. The highest BCUT2D eigenvalue weighted by atomic mass is 19.1. The number of amides is 2. The predicted molar refractivity (Wildman–Crippen MR) is 75.5 cm³/mol. The maximum atomic E-state index is 13.4. The Morgan fingerprint density at radius 2 is 2.18 bits per heavy atom. The van der Waals surface area contributed by atoms with Gasteiger partial charge in [0.25, 0.3) is 0 Å². The molecule has 0 fully saturated rings. The number of benzene rings is 1. The molecular weight excluding hydrogens is 291 g/mol. The van der Waals surface area contributed by atoms with Gasteiger partial charge in [0.05, 0.1) is 6.10 Å². The van der Waals surface area contributed by atoms with Gasteiger partial charge in [0.15, 0.2) is 5.82 Å². The van der Waals surface area contributed by atoms with E-state index in [9.17, 15) is 14.3 Å². The van der Waals surface area contributed by atoms with E-state index in [-0.39, 0.29) is 12.1 Å². The Bertz CT molecular complexity index is 632. The van der Waals surface area contributed by atoms with Crippen molar-refractivity contribution in [1.29, 1.82) is 0 Å². The van der Waals surface area contributed by atoms with E-state index in [1.165, 1.54) is 18.2 Å². The molecule has 0 aliphatic heterocycles. The minimum Gasteiger partial charge on any atom is -0.386 e. The quantitative estimate of drug-likeness (QED) is 0.742. The van der Waals surface area contributed by atoms with E-state index >= 15 is 0 Å². The van der Waals surface area contributed by atoms with Crippen LogP contribution in [0.4, 0.5) is 9.18 Å². The molecular formula is C14H17FN4O3. The molecule has 0 aliphatic carbocycles. The minimum absolute atomic E-state index is 0.0908. The summed E-state index contributed by atoms with van der Waals surface area (Å²) in [7, 11) is 0. The lowest BCUT2D eigenvalue weighted by Gasteiger charge is -2.13. The third-order valence-corrected chi connectivity index (χ3v) is 2.91. The van der Waals surface area contributed by atoms with Gasteiger partial charge in [-0.1, -0.05) is 23.4 Å². The zero-order valence-corrected chi connectivity index (χ0v) is 12.0. The average molecular weight is 308 g/mol. The first-order valence-corrected chi connectivity index (χ1v) is 6.79. The van der Waals surface area contributed by atoms with Crippen molar-refractivity contribution in [3.63, 3.8) is 0 Å². The number of halogens is 1. The SMILES string of the molecule is Cc1noc(CCNC(=O)NCC(O)c2ccccc2F)n1. The van der Waals surface area contributed by atoms with Crippen molar-refractivity contribution in [1.82, 2.24) is 20.8 Å². The van der Waals surface area contributed by atoms with Crippen molar-refractivity contribution in [2.45, 2.75) is 19.4 Å². The van der Waals surface area contributed by atoms with Crippen molar-refractivity contribution in [2.75, 3.05) is 13.1 Å². The van der Waals surface area contributed by atoms with E-state index in [1.54, 1.807) is 13.0 Å². The predicted octanol–water partition coefficient (Wildman–Crippen LogP) is 1.09. The molecule has 118 valence electrons. The van der Waals surface area contributed by atoms with Gasteiger partial charge in [0, 0.05) is 25.1 Å². The van der Waals surface area contributed by atoms with Crippen molar-refractivity contribution < 1.29 is 18.8 Å². The molecule has 8 heteroatoms. The lowest BCUT2D eigenvalue weighted by atomic mass is 10.1. The monoisotopic (exact) mass is 308 g/mol. The highest BCUT2D eigenvalue weighted by Gasteiger charge is 2.13. The number of aliphatic hydroxyl groups excluding tert-OH is 1. The number of nitrogens with one attached hydrogen (secondary N) is 2. The smallest absolute Gasteiger partial charge is 0.314 e. The first-order chi connectivity index (χ1) is 10.6. The number of rotatable bonds is 6. The first-order valence-electron chi connectivity index (χ1n) is 6.79. The Balaban J connectivity index is 1.70. The maximum absolute atomic E-state index is 13.4. The maximum Gasteiger partial charge on any atom is 0.314 e. The van der Waals surface area contributed by atoms with Gasteiger partial charge < -0.3 is 20.3 Å². The largest absolute Gasteiger partial charge is 0.386 e. The van der Waals surface area contributed by atoms with Crippen LogP contribution in [-0.2, 0) is 6.42 Å². The summed E-state index contributed by atoms with van der Waals surface area (Å²) < 4.78 is 18.3. The summed E-state index contributed by atoms with van der Waals surface area (Å²) in [6, 6.07) is 5.41. The molecule has 0 radical (unpaired) electrons. The van der Waals surface area contributed by atoms with E-state index in [0.717, 1.165) is 0 Å². The Hall–Kier alpha value is -2.48. The number of hydrogen-bond donors (Lipinski definition) is 3. The molecule has 1 heterocycles. The van der Waals surface area contributed by atoms with E-state index < -0.39 is 18.0 Å². The third-order valence-electron chi connectivity index (χ3n) is 2.91. The van der Waals surface area contributed by atoms with Gasteiger partial charge in [-0.15, -0.1) is 0 Å².